The first-order chi connectivity index (χ1) is 11.5. The average molecular weight is 355 g/mol. The second kappa shape index (κ2) is 8.55. The molecular formula is C16H25N3O4S. The lowest BCUT2D eigenvalue weighted by atomic mass is 10.1. The third-order valence-corrected chi connectivity index (χ3v) is 6.14. The Hall–Kier alpha value is -1.51. The molecule has 1 saturated heterocycles. The van der Waals surface area contributed by atoms with Crippen molar-refractivity contribution < 1.29 is 17.9 Å². The minimum absolute atomic E-state index is 0.0503. The fourth-order valence-corrected chi connectivity index (χ4v) is 4.23. The van der Waals surface area contributed by atoms with Crippen molar-refractivity contribution in [3.05, 3.63) is 29.6 Å². The molecule has 1 aliphatic rings. The van der Waals surface area contributed by atoms with E-state index in [2.05, 4.69) is 4.98 Å². The lowest BCUT2D eigenvalue weighted by Gasteiger charge is -2.34. The molecule has 0 aromatic carbocycles. The number of hydrogen-bond acceptors (Lipinski definition) is 5. The number of aromatic nitrogens is 1. The van der Waals surface area contributed by atoms with Crippen molar-refractivity contribution in [2.45, 2.75) is 19.8 Å². The standard InChI is InChI=1S/C16H25N3O4S/c1-3-14-13-17-6-5-15(14)16(20)18-7-9-19(10-8-18)24(21,22)12-4-11-23-2/h5-6,13H,3-4,7-12H2,1-2H3. The van der Waals surface area contributed by atoms with E-state index in [4.69, 9.17) is 4.74 Å². The highest BCUT2D eigenvalue weighted by molar-refractivity contribution is 7.89. The van der Waals surface area contributed by atoms with Gasteiger partial charge in [-0.15, -0.1) is 0 Å². The number of hydrogen-bond donors (Lipinski definition) is 0. The third-order valence-electron chi connectivity index (χ3n) is 4.18. The highest BCUT2D eigenvalue weighted by Crippen LogP contribution is 2.15. The molecule has 1 aliphatic heterocycles. The van der Waals surface area contributed by atoms with Gasteiger partial charge in [0, 0.05) is 57.9 Å². The Morgan fingerprint density at radius 1 is 1.29 bits per heavy atom. The summed E-state index contributed by atoms with van der Waals surface area (Å²) >= 11 is 0. The molecule has 1 amide bonds. The summed E-state index contributed by atoms with van der Waals surface area (Å²) in [4.78, 5) is 18.4. The SMILES string of the molecule is CCc1cnccc1C(=O)N1CCN(S(=O)(=O)CCCOC)CC1. The topological polar surface area (TPSA) is 79.8 Å². The molecule has 1 aromatic heterocycles. The number of rotatable bonds is 7. The molecule has 1 fully saturated rings. The number of aryl methyl sites for hydroxylation is 1. The Balaban J connectivity index is 1.96. The Morgan fingerprint density at radius 2 is 2.00 bits per heavy atom. The summed E-state index contributed by atoms with van der Waals surface area (Å²) in [6.07, 6.45) is 4.55. The number of nitrogens with zero attached hydrogens (tertiary/aromatic N) is 3. The summed E-state index contributed by atoms with van der Waals surface area (Å²) < 4.78 is 30.9. The van der Waals surface area contributed by atoms with Crippen LogP contribution in [0, 0.1) is 0 Å². The highest BCUT2D eigenvalue weighted by Gasteiger charge is 2.29. The minimum Gasteiger partial charge on any atom is -0.385 e. The molecule has 24 heavy (non-hydrogen) atoms. The van der Waals surface area contributed by atoms with Crippen molar-refractivity contribution in [1.29, 1.82) is 0 Å². The summed E-state index contributed by atoms with van der Waals surface area (Å²) in [7, 11) is -1.72. The molecule has 2 heterocycles. The van der Waals surface area contributed by atoms with E-state index in [1.165, 1.54) is 4.31 Å². The Labute approximate surface area is 143 Å². The molecule has 0 aliphatic carbocycles. The second-order valence-corrected chi connectivity index (χ2v) is 7.83. The van der Waals surface area contributed by atoms with Gasteiger partial charge in [-0.05, 0) is 24.5 Å². The van der Waals surface area contributed by atoms with E-state index in [9.17, 15) is 13.2 Å². The third kappa shape index (κ3) is 4.52. The molecule has 2 rings (SSSR count). The smallest absolute Gasteiger partial charge is 0.254 e. The zero-order valence-electron chi connectivity index (χ0n) is 14.3. The monoisotopic (exact) mass is 355 g/mol. The van der Waals surface area contributed by atoms with Gasteiger partial charge in [0.1, 0.15) is 0 Å². The normalized spacial score (nSPS) is 16.3. The number of carbonyl (C=O) groups excluding carboxylic acids is 1. The maximum absolute atomic E-state index is 12.7. The van der Waals surface area contributed by atoms with E-state index in [-0.39, 0.29) is 11.7 Å². The van der Waals surface area contributed by atoms with Gasteiger partial charge >= 0.3 is 0 Å². The van der Waals surface area contributed by atoms with Gasteiger partial charge in [-0.1, -0.05) is 6.92 Å². The lowest BCUT2D eigenvalue weighted by molar-refractivity contribution is 0.0696. The van der Waals surface area contributed by atoms with Crippen molar-refractivity contribution in [2.75, 3.05) is 45.6 Å². The van der Waals surface area contributed by atoms with Gasteiger partial charge in [0.2, 0.25) is 10.0 Å². The largest absolute Gasteiger partial charge is 0.385 e. The zero-order chi connectivity index (χ0) is 17.6. The number of piperazine rings is 1. The van der Waals surface area contributed by atoms with E-state index in [1.807, 2.05) is 6.92 Å². The van der Waals surface area contributed by atoms with Crippen LogP contribution in [-0.2, 0) is 21.2 Å². The Morgan fingerprint density at radius 3 is 2.62 bits per heavy atom. The van der Waals surface area contributed by atoms with Crippen LogP contribution in [0.4, 0.5) is 0 Å². The number of ether oxygens (including phenoxy) is 1. The molecule has 134 valence electrons. The lowest BCUT2D eigenvalue weighted by Crippen LogP contribution is -2.51. The summed E-state index contributed by atoms with van der Waals surface area (Å²) in [5.74, 6) is 0.0322. The number of amides is 1. The molecule has 0 N–H and O–H groups in total. The molecule has 8 heteroatoms. The van der Waals surface area contributed by atoms with Gasteiger partial charge in [-0.25, -0.2) is 8.42 Å². The van der Waals surface area contributed by atoms with Gasteiger partial charge in [-0.2, -0.15) is 4.31 Å². The van der Waals surface area contributed by atoms with Crippen molar-refractivity contribution in [1.82, 2.24) is 14.2 Å². The molecular weight excluding hydrogens is 330 g/mol. The second-order valence-electron chi connectivity index (χ2n) is 5.74. The van der Waals surface area contributed by atoms with Crippen LogP contribution in [0.15, 0.2) is 18.5 Å². The first-order valence-electron chi connectivity index (χ1n) is 8.18. The molecule has 0 bridgehead atoms. The van der Waals surface area contributed by atoms with Crippen molar-refractivity contribution in [3.8, 4) is 0 Å². The molecule has 7 nitrogen and oxygen atoms in total. The van der Waals surface area contributed by atoms with Crippen LogP contribution in [0.3, 0.4) is 0 Å². The predicted molar refractivity (Wildman–Crippen MR) is 91.4 cm³/mol. The zero-order valence-corrected chi connectivity index (χ0v) is 15.1. The van der Waals surface area contributed by atoms with Crippen molar-refractivity contribution in [3.63, 3.8) is 0 Å². The molecule has 0 radical (unpaired) electrons. The van der Waals surface area contributed by atoms with E-state index in [1.54, 1.807) is 30.5 Å². The summed E-state index contributed by atoms with van der Waals surface area (Å²) in [5.41, 5.74) is 1.57. The fourth-order valence-electron chi connectivity index (χ4n) is 2.77. The number of sulfonamides is 1. The van der Waals surface area contributed by atoms with Gasteiger partial charge in [0.05, 0.1) is 5.75 Å². The van der Waals surface area contributed by atoms with E-state index in [0.29, 0.717) is 44.8 Å². The first-order valence-corrected chi connectivity index (χ1v) is 9.79. The van der Waals surface area contributed by atoms with Crippen LogP contribution in [0.1, 0.15) is 29.3 Å². The molecule has 0 atom stereocenters. The molecule has 0 unspecified atom stereocenters. The summed E-state index contributed by atoms with van der Waals surface area (Å²) in [6.45, 7) is 3.92. The average Bonchev–Trinajstić information content (AvgIpc) is 2.61. The molecule has 0 saturated carbocycles. The van der Waals surface area contributed by atoms with Crippen LogP contribution in [0.5, 0.6) is 0 Å². The number of carbonyl (C=O) groups is 1. The Bertz CT molecular complexity index is 655. The summed E-state index contributed by atoms with van der Waals surface area (Å²) in [5, 5.41) is 0. The van der Waals surface area contributed by atoms with E-state index >= 15 is 0 Å². The maximum atomic E-state index is 12.7. The highest BCUT2D eigenvalue weighted by atomic mass is 32.2. The van der Waals surface area contributed by atoms with Crippen LogP contribution < -0.4 is 0 Å². The van der Waals surface area contributed by atoms with Gasteiger partial charge in [-0.3, -0.25) is 9.78 Å². The predicted octanol–water partition coefficient (Wildman–Crippen LogP) is 0.768. The van der Waals surface area contributed by atoms with Crippen LogP contribution in [-0.4, -0.2) is 74.2 Å². The van der Waals surface area contributed by atoms with Crippen LogP contribution in [0.25, 0.3) is 0 Å². The number of methoxy groups -OCH3 is 1. The van der Waals surface area contributed by atoms with Crippen LogP contribution in [0.2, 0.25) is 0 Å². The van der Waals surface area contributed by atoms with Crippen molar-refractivity contribution >= 4 is 15.9 Å². The summed E-state index contributed by atoms with van der Waals surface area (Å²) in [6, 6.07) is 1.73. The van der Waals surface area contributed by atoms with E-state index < -0.39 is 10.0 Å². The van der Waals surface area contributed by atoms with Gasteiger partial charge < -0.3 is 9.64 Å². The maximum Gasteiger partial charge on any atom is 0.254 e. The fraction of sp³-hybridized carbons (Fsp3) is 0.625. The number of pyridine rings is 1. The molecule has 0 spiro atoms. The van der Waals surface area contributed by atoms with Gasteiger partial charge in [0.25, 0.3) is 5.91 Å². The van der Waals surface area contributed by atoms with Gasteiger partial charge in [0.15, 0.2) is 0 Å². The quantitative estimate of drug-likeness (QED) is 0.675. The van der Waals surface area contributed by atoms with Crippen molar-refractivity contribution in [2.24, 2.45) is 0 Å². The minimum atomic E-state index is -3.28. The van der Waals surface area contributed by atoms with Crippen LogP contribution >= 0.6 is 0 Å². The first kappa shape index (κ1) is 18.8. The van der Waals surface area contributed by atoms with E-state index in [0.717, 1.165) is 12.0 Å². The molecule has 1 aromatic rings. The Kier molecular flexibility index (Phi) is 6.70.